The predicted octanol–water partition coefficient (Wildman–Crippen LogP) is 11.5. The van der Waals surface area contributed by atoms with Crippen LogP contribution in [-0.4, -0.2) is 10.4 Å². The molecule has 0 spiro atoms. The summed E-state index contributed by atoms with van der Waals surface area (Å²) in [6.07, 6.45) is 0. The van der Waals surface area contributed by atoms with Crippen LogP contribution in [0.4, 0.5) is 0 Å². The molecule has 0 aliphatic heterocycles. The molecule has 3 nitrogen and oxygen atoms in total. The van der Waals surface area contributed by atoms with Gasteiger partial charge in [-0.1, -0.05) is 147 Å². The van der Waals surface area contributed by atoms with Crippen molar-refractivity contribution in [3.05, 3.63) is 198 Å². The molecule has 0 atom stereocenters. The number of amidine groups is 1. The van der Waals surface area contributed by atoms with Gasteiger partial charge in [0.15, 0.2) is 0 Å². The van der Waals surface area contributed by atoms with Gasteiger partial charge in [-0.25, -0.2) is 0 Å². The Morgan fingerprint density at radius 2 is 1.27 bits per heavy atom. The molecule has 1 aliphatic rings. The van der Waals surface area contributed by atoms with Gasteiger partial charge in [0.2, 0.25) is 0 Å². The fourth-order valence-corrected chi connectivity index (χ4v) is 7.96. The number of hydrogen-bond acceptors (Lipinski definition) is 1. The molecule has 1 heterocycles. The molecular formula is C48H39N3. The first-order chi connectivity index (χ1) is 25.1. The standard InChI is InChI=1S/C48H39N3/c1-48(2)42-22-11-9-21-41(42)45-43(48)29-28-40-39-20-10-12-23-44(39)51(46(40)45)38-26-24-36(25-27-38)47(49-31-33-14-5-3-6-15-33)50-32-34-16-13-19-37(30-34)35-17-7-4-8-18-35/h3-30H,31-32H2,1-2H3,(H,49,50). The van der Waals surface area contributed by atoms with Crippen LogP contribution in [0.15, 0.2) is 175 Å². The first kappa shape index (κ1) is 30.8. The van der Waals surface area contributed by atoms with E-state index in [0.717, 1.165) is 17.1 Å². The number of rotatable bonds is 7. The molecule has 3 heteroatoms. The summed E-state index contributed by atoms with van der Waals surface area (Å²) in [5, 5.41) is 6.23. The largest absolute Gasteiger partial charge is 0.366 e. The maximum atomic E-state index is 5.19. The Balaban J connectivity index is 1.13. The minimum Gasteiger partial charge on any atom is -0.366 e. The van der Waals surface area contributed by atoms with E-state index < -0.39 is 0 Å². The van der Waals surface area contributed by atoms with E-state index in [-0.39, 0.29) is 5.41 Å². The quantitative estimate of drug-likeness (QED) is 0.134. The average Bonchev–Trinajstić information content (AvgIpc) is 3.64. The number of aromatic nitrogens is 1. The fourth-order valence-electron chi connectivity index (χ4n) is 7.96. The normalized spacial score (nSPS) is 13.3. The molecule has 246 valence electrons. The van der Waals surface area contributed by atoms with Crippen LogP contribution in [0, 0.1) is 0 Å². The Morgan fingerprint density at radius 3 is 2.10 bits per heavy atom. The monoisotopic (exact) mass is 657 g/mol. The summed E-state index contributed by atoms with van der Waals surface area (Å²) in [7, 11) is 0. The zero-order valence-corrected chi connectivity index (χ0v) is 29.0. The number of nitrogens with one attached hydrogen (secondary N) is 1. The second kappa shape index (κ2) is 12.6. The first-order valence-corrected chi connectivity index (χ1v) is 17.8. The lowest BCUT2D eigenvalue weighted by atomic mass is 9.82. The lowest BCUT2D eigenvalue weighted by molar-refractivity contribution is 0.661. The average molecular weight is 658 g/mol. The maximum Gasteiger partial charge on any atom is 0.128 e. The van der Waals surface area contributed by atoms with Crippen LogP contribution in [0.25, 0.3) is 49.7 Å². The highest BCUT2D eigenvalue weighted by molar-refractivity contribution is 6.15. The van der Waals surface area contributed by atoms with Crippen LogP contribution in [0.1, 0.15) is 41.7 Å². The minimum absolute atomic E-state index is 0.0678. The van der Waals surface area contributed by atoms with Gasteiger partial charge in [-0.3, -0.25) is 4.99 Å². The van der Waals surface area contributed by atoms with Gasteiger partial charge < -0.3 is 9.88 Å². The second-order valence-electron chi connectivity index (χ2n) is 14.0. The lowest BCUT2D eigenvalue weighted by Crippen LogP contribution is -2.24. The van der Waals surface area contributed by atoms with Gasteiger partial charge in [0.05, 0.1) is 17.6 Å². The molecule has 0 unspecified atom stereocenters. The molecule has 0 radical (unpaired) electrons. The Bertz CT molecular complexity index is 2560. The van der Waals surface area contributed by atoms with E-state index in [0.29, 0.717) is 13.1 Å². The van der Waals surface area contributed by atoms with Crippen molar-refractivity contribution in [2.45, 2.75) is 32.4 Å². The predicted molar refractivity (Wildman–Crippen MR) is 214 cm³/mol. The Morgan fingerprint density at radius 1 is 0.588 bits per heavy atom. The van der Waals surface area contributed by atoms with Crippen molar-refractivity contribution in [1.29, 1.82) is 0 Å². The van der Waals surface area contributed by atoms with Crippen molar-refractivity contribution in [3.63, 3.8) is 0 Å². The Hall–Kier alpha value is -6.19. The van der Waals surface area contributed by atoms with Gasteiger partial charge in [0, 0.05) is 39.5 Å². The van der Waals surface area contributed by atoms with Crippen LogP contribution in [0.3, 0.4) is 0 Å². The molecule has 0 saturated carbocycles. The van der Waals surface area contributed by atoms with Gasteiger partial charge in [-0.05, 0) is 75.3 Å². The van der Waals surface area contributed by atoms with E-state index in [4.69, 9.17) is 4.99 Å². The molecule has 8 aromatic rings. The molecule has 0 amide bonds. The maximum absolute atomic E-state index is 5.19. The zero-order chi connectivity index (χ0) is 34.4. The van der Waals surface area contributed by atoms with Crippen LogP contribution in [0.2, 0.25) is 0 Å². The van der Waals surface area contributed by atoms with Gasteiger partial charge >= 0.3 is 0 Å². The van der Waals surface area contributed by atoms with E-state index in [1.807, 2.05) is 0 Å². The summed E-state index contributed by atoms with van der Waals surface area (Å²) < 4.78 is 2.47. The minimum atomic E-state index is -0.0678. The SMILES string of the molecule is CC1(C)c2ccccc2-c2c1ccc1c3ccccc3n(-c3ccc(C(=NCc4cccc(-c5ccccc5)c4)NCc4ccccc4)cc3)c21. The smallest absolute Gasteiger partial charge is 0.128 e. The van der Waals surface area contributed by atoms with Crippen molar-refractivity contribution in [1.82, 2.24) is 9.88 Å². The molecule has 7 aromatic carbocycles. The highest BCUT2D eigenvalue weighted by atomic mass is 15.0. The third kappa shape index (κ3) is 5.43. The second-order valence-corrected chi connectivity index (χ2v) is 14.0. The van der Waals surface area contributed by atoms with E-state index in [1.54, 1.807) is 0 Å². The van der Waals surface area contributed by atoms with Crippen LogP contribution in [-0.2, 0) is 18.5 Å². The molecule has 1 aromatic heterocycles. The van der Waals surface area contributed by atoms with Crippen molar-refractivity contribution in [2.75, 3.05) is 0 Å². The first-order valence-electron chi connectivity index (χ1n) is 17.8. The number of benzene rings is 7. The van der Waals surface area contributed by atoms with Crippen LogP contribution in [0.5, 0.6) is 0 Å². The highest BCUT2D eigenvalue weighted by Gasteiger charge is 2.37. The number of para-hydroxylation sites is 1. The number of nitrogens with zero attached hydrogens (tertiary/aromatic N) is 2. The molecule has 1 aliphatic carbocycles. The third-order valence-electron chi connectivity index (χ3n) is 10.5. The van der Waals surface area contributed by atoms with Crippen LogP contribution >= 0.6 is 0 Å². The number of aliphatic imine (C=N–C) groups is 1. The van der Waals surface area contributed by atoms with Gasteiger partial charge in [-0.2, -0.15) is 0 Å². The van der Waals surface area contributed by atoms with Crippen molar-refractivity contribution in [3.8, 4) is 27.9 Å². The molecular weight excluding hydrogens is 619 g/mol. The topological polar surface area (TPSA) is 29.3 Å². The lowest BCUT2D eigenvalue weighted by Gasteiger charge is -2.21. The molecule has 51 heavy (non-hydrogen) atoms. The van der Waals surface area contributed by atoms with E-state index >= 15 is 0 Å². The molecule has 0 saturated heterocycles. The fraction of sp³-hybridized carbons (Fsp3) is 0.104. The summed E-state index contributed by atoms with van der Waals surface area (Å²) in [5.41, 5.74) is 14.9. The molecule has 0 bridgehead atoms. The summed E-state index contributed by atoms with van der Waals surface area (Å²) in [5.74, 6) is 0.884. The van der Waals surface area contributed by atoms with Crippen LogP contribution < -0.4 is 5.32 Å². The summed E-state index contributed by atoms with van der Waals surface area (Å²) in [4.78, 5) is 5.19. The number of fused-ring (bicyclic) bond motifs is 7. The van der Waals surface area contributed by atoms with E-state index in [1.165, 1.54) is 66.3 Å². The Kier molecular flexibility index (Phi) is 7.62. The van der Waals surface area contributed by atoms with Crippen molar-refractivity contribution >= 4 is 27.6 Å². The highest BCUT2D eigenvalue weighted by Crippen LogP contribution is 2.52. The van der Waals surface area contributed by atoms with E-state index in [2.05, 4.69) is 194 Å². The molecule has 0 fully saturated rings. The summed E-state index contributed by atoms with van der Waals surface area (Å²) >= 11 is 0. The Labute approximate surface area is 299 Å². The number of hydrogen-bond donors (Lipinski definition) is 1. The van der Waals surface area contributed by atoms with Gasteiger partial charge in [0.25, 0.3) is 0 Å². The summed E-state index contributed by atoms with van der Waals surface area (Å²) in [6.45, 7) is 5.98. The van der Waals surface area contributed by atoms with Crippen molar-refractivity contribution in [2.24, 2.45) is 4.99 Å². The van der Waals surface area contributed by atoms with Gasteiger partial charge in [-0.15, -0.1) is 0 Å². The van der Waals surface area contributed by atoms with Gasteiger partial charge in [0.1, 0.15) is 5.84 Å². The molecule has 1 N–H and O–H groups in total. The summed E-state index contributed by atoms with van der Waals surface area (Å²) in [6, 6.07) is 61.1. The molecule has 9 rings (SSSR count). The third-order valence-corrected chi connectivity index (χ3v) is 10.5. The zero-order valence-electron chi connectivity index (χ0n) is 29.0. The van der Waals surface area contributed by atoms with Crippen molar-refractivity contribution < 1.29 is 0 Å². The van der Waals surface area contributed by atoms with E-state index in [9.17, 15) is 0 Å².